The van der Waals surface area contributed by atoms with Gasteiger partial charge in [0.25, 0.3) is 15.7 Å². The number of rotatable bonds is 5. The summed E-state index contributed by atoms with van der Waals surface area (Å²) in [5.74, 6) is -0.0367. The van der Waals surface area contributed by atoms with Gasteiger partial charge < -0.3 is 4.90 Å². The standard InChI is InChI=1S/C19H21N3O5S/c1-13(2)19(23)21-9-8-14-6-7-16(10-15(14)12-21)20-28(26,27)18-5-3-4-17(11-18)22(24)25/h3-7,10-11,13,20H,8-9,12H2,1-2H3. The van der Waals surface area contributed by atoms with Crippen LogP contribution in [0, 0.1) is 16.0 Å². The van der Waals surface area contributed by atoms with Crippen molar-refractivity contribution in [2.75, 3.05) is 11.3 Å². The minimum Gasteiger partial charge on any atom is -0.338 e. The molecule has 8 nitrogen and oxygen atoms in total. The predicted molar refractivity (Wildman–Crippen MR) is 104 cm³/mol. The highest BCUT2D eigenvalue weighted by atomic mass is 32.2. The molecule has 0 aromatic heterocycles. The van der Waals surface area contributed by atoms with Gasteiger partial charge in [0, 0.05) is 36.8 Å². The van der Waals surface area contributed by atoms with Gasteiger partial charge >= 0.3 is 0 Å². The molecule has 0 saturated carbocycles. The predicted octanol–water partition coefficient (Wildman–Crippen LogP) is 2.94. The number of nitrogens with zero attached hydrogens (tertiary/aromatic N) is 2. The Hall–Kier alpha value is -2.94. The van der Waals surface area contributed by atoms with Crippen LogP contribution in [-0.4, -0.2) is 30.7 Å². The lowest BCUT2D eigenvalue weighted by Gasteiger charge is -2.30. The Bertz CT molecular complexity index is 1030. The van der Waals surface area contributed by atoms with E-state index in [1.54, 1.807) is 17.0 Å². The van der Waals surface area contributed by atoms with E-state index in [0.717, 1.165) is 17.2 Å². The molecule has 0 bridgehead atoms. The molecule has 0 atom stereocenters. The van der Waals surface area contributed by atoms with Crippen molar-refractivity contribution in [3.8, 4) is 0 Å². The first-order valence-electron chi connectivity index (χ1n) is 8.85. The molecule has 2 aromatic carbocycles. The van der Waals surface area contributed by atoms with E-state index >= 15 is 0 Å². The summed E-state index contributed by atoms with van der Waals surface area (Å²) in [4.78, 5) is 24.1. The van der Waals surface area contributed by atoms with E-state index in [-0.39, 0.29) is 22.4 Å². The first kappa shape index (κ1) is 19.8. The lowest BCUT2D eigenvalue weighted by molar-refractivity contribution is -0.385. The highest BCUT2D eigenvalue weighted by Gasteiger charge is 2.24. The number of hydrogen-bond donors (Lipinski definition) is 1. The van der Waals surface area contributed by atoms with Gasteiger partial charge in [0.2, 0.25) is 5.91 Å². The van der Waals surface area contributed by atoms with Gasteiger partial charge in [0.1, 0.15) is 0 Å². The Balaban J connectivity index is 1.84. The normalized spacial score (nSPS) is 13.9. The number of benzene rings is 2. The topological polar surface area (TPSA) is 110 Å². The first-order chi connectivity index (χ1) is 13.2. The number of nitro benzene ring substituents is 1. The summed E-state index contributed by atoms with van der Waals surface area (Å²) in [5.41, 5.74) is 2.02. The number of fused-ring (bicyclic) bond motifs is 1. The molecule has 148 valence electrons. The van der Waals surface area contributed by atoms with Gasteiger partial charge in [-0.05, 0) is 35.7 Å². The number of hydrogen-bond acceptors (Lipinski definition) is 5. The third-order valence-corrected chi connectivity index (χ3v) is 5.99. The van der Waals surface area contributed by atoms with Gasteiger partial charge in [-0.15, -0.1) is 0 Å². The number of carbonyl (C=O) groups excluding carboxylic acids is 1. The number of carbonyl (C=O) groups is 1. The van der Waals surface area contributed by atoms with Crippen LogP contribution < -0.4 is 4.72 Å². The molecule has 0 aliphatic carbocycles. The lowest BCUT2D eigenvalue weighted by Crippen LogP contribution is -2.38. The zero-order valence-electron chi connectivity index (χ0n) is 15.6. The molecule has 0 radical (unpaired) electrons. The van der Waals surface area contributed by atoms with Crippen LogP contribution >= 0.6 is 0 Å². The molecule has 2 aromatic rings. The summed E-state index contributed by atoms with van der Waals surface area (Å²) >= 11 is 0. The van der Waals surface area contributed by atoms with E-state index < -0.39 is 14.9 Å². The zero-order chi connectivity index (χ0) is 20.5. The molecule has 0 saturated heterocycles. The van der Waals surface area contributed by atoms with Crippen LogP contribution in [-0.2, 0) is 27.8 Å². The van der Waals surface area contributed by atoms with Gasteiger partial charge in [-0.1, -0.05) is 26.0 Å². The second kappa shape index (κ2) is 7.59. The van der Waals surface area contributed by atoms with Crippen LogP contribution in [0.5, 0.6) is 0 Å². The van der Waals surface area contributed by atoms with Crippen LogP contribution in [0.25, 0.3) is 0 Å². The van der Waals surface area contributed by atoms with Crippen molar-refractivity contribution < 1.29 is 18.1 Å². The second-order valence-corrected chi connectivity index (χ2v) is 8.69. The molecule has 1 amide bonds. The maximum absolute atomic E-state index is 12.6. The van der Waals surface area contributed by atoms with Crippen LogP contribution in [0.2, 0.25) is 0 Å². The van der Waals surface area contributed by atoms with E-state index in [2.05, 4.69) is 4.72 Å². The van der Waals surface area contributed by atoms with Crippen LogP contribution in [0.1, 0.15) is 25.0 Å². The third-order valence-electron chi connectivity index (χ3n) is 4.62. The zero-order valence-corrected chi connectivity index (χ0v) is 16.4. The second-order valence-electron chi connectivity index (χ2n) is 7.01. The fourth-order valence-electron chi connectivity index (χ4n) is 3.15. The molecule has 0 spiro atoms. The lowest BCUT2D eigenvalue weighted by atomic mass is 9.98. The molecular formula is C19H21N3O5S. The summed E-state index contributed by atoms with van der Waals surface area (Å²) in [5, 5.41) is 10.9. The van der Waals surface area contributed by atoms with Crippen LogP contribution in [0.4, 0.5) is 11.4 Å². The quantitative estimate of drug-likeness (QED) is 0.610. The highest BCUT2D eigenvalue weighted by molar-refractivity contribution is 7.92. The van der Waals surface area contributed by atoms with Gasteiger partial charge in [-0.2, -0.15) is 0 Å². The summed E-state index contributed by atoms with van der Waals surface area (Å²) < 4.78 is 27.7. The van der Waals surface area contributed by atoms with Crippen molar-refractivity contribution in [3.63, 3.8) is 0 Å². The van der Waals surface area contributed by atoms with E-state index in [1.165, 1.54) is 18.2 Å². The fraction of sp³-hybridized carbons (Fsp3) is 0.316. The maximum Gasteiger partial charge on any atom is 0.270 e. The number of anilines is 1. The Morgan fingerprint density at radius 2 is 1.93 bits per heavy atom. The number of amides is 1. The van der Waals surface area contributed by atoms with Crippen molar-refractivity contribution in [3.05, 3.63) is 63.7 Å². The SMILES string of the molecule is CC(C)C(=O)N1CCc2ccc(NS(=O)(=O)c3cccc([N+](=O)[O-])c3)cc2C1. The average molecular weight is 403 g/mol. The highest BCUT2D eigenvalue weighted by Crippen LogP contribution is 2.26. The minimum atomic E-state index is -3.97. The molecule has 3 rings (SSSR count). The van der Waals surface area contributed by atoms with Crippen LogP contribution in [0.15, 0.2) is 47.4 Å². The minimum absolute atomic E-state index is 0.0632. The molecular weight excluding hydrogens is 382 g/mol. The van der Waals surface area contributed by atoms with Crippen molar-refractivity contribution in [2.45, 2.75) is 31.7 Å². The van der Waals surface area contributed by atoms with Crippen molar-refractivity contribution in [1.29, 1.82) is 0 Å². The van der Waals surface area contributed by atoms with E-state index in [4.69, 9.17) is 0 Å². The number of nitro groups is 1. The van der Waals surface area contributed by atoms with Gasteiger partial charge in [0.15, 0.2) is 0 Å². The maximum atomic E-state index is 12.6. The Morgan fingerprint density at radius 1 is 1.18 bits per heavy atom. The number of sulfonamides is 1. The average Bonchev–Trinajstić information content (AvgIpc) is 2.66. The molecule has 1 aliphatic rings. The molecule has 0 fully saturated rings. The molecule has 1 N–H and O–H groups in total. The largest absolute Gasteiger partial charge is 0.338 e. The monoisotopic (exact) mass is 403 g/mol. The van der Waals surface area contributed by atoms with E-state index in [0.29, 0.717) is 25.2 Å². The summed E-state index contributed by atoms with van der Waals surface area (Å²) in [7, 11) is -3.97. The molecule has 1 heterocycles. The smallest absolute Gasteiger partial charge is 0.270 e. The van der Waals surface area contributed by atoms with Crippen molar-refractivity contribution >= 4 is 27.3 Å². The fourth-order valence-corrected chi connectivity index (χ4v) is 4.24. The van der Waals surface area contributed by atoms with Crippen LogP contribution in [0.3, 0.4) is 0 Å². The van der Waals surface area contributed by atoms with E-state index in [1.807, 2.05) is 19.9 Å². The molecule has 0 unspecified atom stereocenters. The molecule has 28 heavy (non-hydrogen) atoms. The number of non-ortho nitro benzene ring substituents is 1. The van der Waals surface area contributed by atoms with Gasteiger partial charge in [-0.25, -0.2) is 8.42 Å². The van der Waals surface area contributed by atoms with Crippen molar-refractivity contribution in [2.24, 2.45) is 5.92 Å². The van der Waals surface area contributed by atoms with Crippen molar-refractivity contribution in [1.82, 2.24) is 4.90 Å². The Kier molecular flexibility index (Phi) is 5.37. The Labute approximate surface area is 163 Å². The summed E-state index contributed by atoms with van der Waals surface area (Å²) in [6.45, 7) is 4.77. The molecule has 9 heteroatoms. The summed E-state index contributed by atoms with van der Waals surface area (Å²) in [6.07, 6.45) is 0.714. The summed E-state index contributed by atoms with van der Waals surface area (Å²) in [6, 6.07) is 10.1. The third kappa shape index (κ3) is 4.14. The molecule has 1 aliphatic heterocycles. The van der Waals surface area contributed by atoms with Gasteiger partial charge in [0.05, 0.1) is 9.82 Å². The first-order valence-corrected chi connectivity index (χ1v) is 10.3. The van der Waals surface area contributed by atoms with Gasteiger partial charge in [-0.3, -0.25) is 19.6 Å². The Morgan fingerprint density at radius 3 is 2.61 bits per heavy atom. The van der Waals surface area contributed by atoms with E-state index in [9.17, 15) is 23.3 Å². The number of nitrogens with one attached hydrogen (secondary N) is 1.